The van der Waals surface area contributed by atoms with Crippen molar-refractivity contribution in [1.29, 1.82) is 0 Å². The third-order valence-electron chi connectivity index (χ3n) is 5.09. The van der Waals surface area contributed by atoms with Crippen LogP contribution in [-0.2, 0) is 0 Å². The molecule has 29 heavy (non-hydrogen) atoms. The van der Waals surface area contributed by atoms with Crippen LogP contribution in [0.2, 0.25) is 0 Å². The summed E-state index contributed by atoms with van der Waals surface area (Å²) in [5, 5.41) is 4.33. The molecule has 0 spiro atoms. The van der Waals surface area contributed by atoms with Gasteiger partial charge in [-0.15, -0.1) is 0 Å². The number of H-pyrrole nitrogens is 2. The Labute approximate surface area is 159 Å². The van der Waals surface area contributed by atoms with E-state index in [1.165, 1.54) is 16.9 Å². The maximum absolute atomic E-state index is 14.2. The molecule has 1 fully saturated rings. The Morgan fingerprint density at radius 1 is 1.07 bits per heavy atom. The summed E-state index contributed by atoms with van der Waals surface area (Å²) in [5.74, 6) is -3.81. The van der Waals surface area contributed by atoms with Crippen molar-refractivity contribution in [3.8, 4) is 11.3 Å². The molecule has 5 rings (SSSR count). The van der Waals surface area contributed by atoms with E-state index in [1.54, 1.807) is 12.3 Å². The molecule has 0 unspecified atom stereocenters. The molecule has 2 N–H and O–H groups in total. The summed E-state index contributed by atoms with van der Waals surface area (Å²) in [6.45, 7) is 0. The molecule has 10 heteroatoms. The van der Waals surface area contributed by atoms with E-state index in [0.717, 1.165) is 6.07 Å². The first-order valence-corrected chi connectivity index (χ1v) is 8.73. The van der Waals surface area contributed by atoms with E-state index < -0.39 is 34.6 Å². The molecule has 1 saturated carbocycles. The summed E-state index contributed by atoms with van der Waals surface area (Å²) in [7, 11) is 0. The number of hydrogen-bond acceptors (Lipinski definition) is 4. The SMILES string of the molecule is O=c1[nH]cc(-c2cc([C@H]3C[C@@H]3c3cc(F)cc(F)c3F)c3nccn3n2)c(=O)[nH]1. The van der Waals surface area contributed by atoms with E-state index in [9.17, 15) is 22.8 Å². The molecule has 0 saturated heterocycles. The Bertz CT molecular complexity index is 1390. The number of imidazole rings is 1. The van der Waals surface area contributed by atoms with E-state index in [1.807, 2.05) is 0 Å². The summed E-state index contributed by atoms with van der Waals surface area (Å²) in [5.41, 5.74) is 0.295. The fourth-order valence-electron chi connectivity index (χ4n) is 3.67. The van der Waals surface area contributed by atoms with Crippen molar-refractivity contribution >= 4 is 5.65 Å². The standard InChI is InChI=1S/C19H12F3N5O2/c20-8-3-11(16(22)14(21)4-8)9-5-10(9)12-6-15(26-27-2-1-23-17(12)27)13-7-24-19(29)25-18(13)28/h1-4,6-7,9-10H,5H2,(H2,24,25,28,29)/t9-,10-/m0/s1. The van der Waals surface area contributed by atoms with Gasteiger partial charge in [0, 0.05) is 30.2 Å². The number of aromatic nitrogens is 5. The van der Waals surface area contributed by atoms with Crippen LogP contribution >= 0.6 is 0 Å². The predicted octanol–water partition coefficient (Wildman–Crippen LogP) is 2.46. The minimum Gasteiger partial charge on any atom is -0.313 e. The second-order valence-corrected chi connectivity index (χ2v) is 6.91. The van der Waals surface area contributed by atoms with Crippen LogP contribution in [0.1, 0.15) is 29.4 Å². The molecule has 0 aliphatic heterocycles. The van der Waals surface area contributed by atoms with Crippen molar-refractivity contribution in [3.63, 3.8) is 0 Å². The molecule has 0 amide bonds. The van der Waals surface area contributed by atoms with Crippen LogP contribution in [0.15, 0.2) is 46.4 Å². The average Bonchev–Trinajstić information content (AvgIpc) is 3.31. The molecule has 2 atom stereocenters. The molecule has 7 nitrogen and oxygen atoms in total. The molecule has 0 radical (unpaired) electrons. The second-order valence-electron chi connectivity index (χ2n) is 6.91. The Balaban J connectivity index is 1.62. The van der Waals surface area contributed by atoms with Crippen molar-refractivity contribution in [2.45, 2.75) is 18.3 Å². The first-order chi connectivity index (χ1) is 13.9. The largest absolute Gasteiger partial charge is 0.325 e. The minimum atomic E-state index is -1.23. The number of nitrogens with one attached hydrogen (secondary N) is 2. The van der Waals surface area contributed by atoms with Gasteiger partial charge in [0.25, 0.3) is 5.56 Å². The fraction of sp³-hybridized carbons (Fsp3) is 0.158. The number of hydrogen-bond donors (Lipinski definition) is 2. The van der Waals surface area contributed by atoms with Gasteiger partial charge in [-0.1, -0.05) is 0 Å². The molecule has 3 aromatic heterocycles. The smallest absolute Gasteiger partial charge is 0.313 e. The summed E-state index contributed by atoms with van der Waals surface area (Å²) in [4.78, 5) is 32.2. The maximum Gasteiger partial charge on any atom is 0.325 e. The van der Waals surface area contributed by atoms with Crippen molar-refractivity contribution in [2.24, 2.45) is 0 Å². The van der Waals surface area contributed by atoms with Gasteiger partial charge in [-0.25, -0.2) is 27.5 Å². The molecule has 1 aliphatic carbocycles. The van der Waals surface area contributed by atoms with Crippen LogP contribution in [-0.4, -0.2) is 24.6 Å². The zero-order chi connectivity index (χ0) is 20.3. The molecule has 3 heterocycles. The molecule has 1 aliphatic rings. The van der Waals surface area contributed by atoms with Crippen LogP contribution < -0.4 is 11.2 Å². The number of rotatable bonds is 3. The van der Waals surface area contributed by atoms with Gasteiger partial charge in [-0.05, 0) is 36.0 Å². The first-order valence-electron chi connectivity index (χ1n) is 8.73. The van der Waals surface area contributed by atoms with Gasteiger partial charge in [-0.2, -0.15) is 5.10 Å². The Morgan fingerprint density at radius 3 is 2.66 bits per heavy atom. The number of halogens is 3. The van der Waals surface area contributed by atoms with Crippen LogP contribution in [0.25, 0.3) is 16.9 Å². The highest BCUT2D eigenvalue weighted by atomic mass is 19.2. The molecule has 1 aromatic carbocycles. The lowest BCUT2D eigenvalue weighted by atomic mass is 10.0. The average molecular weight is 399 g/mol. The first kappa shape index (κ1) is 17.4. The van der Waals surface area contributed by atoms with Gasteiger partial charge < -0.3 is 4.98 Å². The lowest BCUT2D eigenvalue weighted by Crippen LogP contribution is -2.23. The van der Waals surface area contributed by atoms with Crippen LogP contribution in [0.3, 0.4) is 0 Å². The van der Waals surface area contributed by atoms with Gasteiger partial charge in [0.05, 0.1) is 11.3 Å². The number of fused-ring (bicyclic) bond motifs is 1. The van der Waals surface area contributed by atoms with Gasteiger partial charge in [0.2, 0.25) is 0 Å². The highest BCUT2D eigenvalue weighted by Gasteiger charge is 2.43. The maximum atomic E-state index is 14.2. The topological polar surface area (TPSA) is 95.9 Å². The number of nitrogens with zero attached hydrogens (tertiary/aromatic N) is 3. The number of aromatic amines is 2. The minimum absolute atomic E-state index is 0.0301. The van der Waals surface area contributed by atoms with Gasteiger partial charge >= 0.3 is 5.69 Å². The van der Waals surface area contributed by atoms with Crippen molar-refractivity contribution in [2.75, 3.05) is 0 Å². The molecule has 146 valence electrons. The Hall–Kier alpha value is -3.69. The van der Waals surface area contributed by atoms with Gasteiger partial charge in [0.15, 0.2) is 17.3 Å². The third kappa shape index (κ3) is 2.84. The second kappa shape index (κ2) is 6.16. The van der Waals surface area contributed by atoms with E-state index in [0.29, 0.717) is 23.7 Å². The lowest BCUT2D eigenvalue weighted by Gasteiger charge is -2.08. The number of benzene rings is 1. The summed E-state index contributed by atoms with van der Waals surface area (Å²) in [6, 6.07) is 3.14. The predicted molar refractivity (Wildman–Crippen MR) is 96.1 cm³/mol. The van der Waals surface area contributed by atoms with E-state index in [4.69, 9.17) is 0 Å². The Kier molecular flexibility index (Phi) is 3.70. The van der Waals surface area contributed by atoms with Crippen LogP contribution in [0, 0.1) is 17.5 Å². The normalized spacial score (nSPS) is 18.3. The monoisotopic (exact) mass is 399 g/mol. The quantitative estimate of drug-likeness (QED) is 0.518. The third-order valence-corrected chi connectivity index (χ3v) is 5.09. The van der Waals surface area contributed by atoms with Gasteiger partial charge in [0.1, 0.15) is 5.82 Å². The van der Waals surface area contributed by atoms with E-state index in [-0.39, 0.29) is 22.7 Å². The summed E-state index contributed by atoms with van der Waals surface area (Å²) in [6.07, 6.45) is 4.82. The molecule has 4 aromatic rings. The highest BCUT2D eigenvalue weighted by Crippen LogP contribution is 2.56. The van der Waals surface area contributed by atoms with Crippen LogP contribution in [0.5, 0.6) is 0 Å². The lowest BCUT2D eigenvalue weighted by molar-refractivity contribution is 0.484. The molecular formula is C19H12F3N5O2. The molecular weight excluding hydrogens is 387 g/mol. The van der Waals surface area contributed by atoms with Gasteiger partial charge in [-0.3, -0.25) is 9.78 Å². The Morgan fingerprint density at radius 2 is 1.86 bits per heavy atom. The fourth-order valence-corrected chi connectivity index (χ4v) is 3.67. The van der Waals surface area contributed by atoms with Crippen molar-refractivity contribution < 1.29 is 13.2 Å². The van der Waals surface area contributed by atoms with Crippen molar-refractivity contribution in [1.82, 2.24) is 24.6 Å². The summed E-state index contributed by atoms with van der Waals surface area (Å²) < 4.78 is 42.9. The van der Waals surface area contributed by atoms with E-state index in [2.05, 4.69) is 20.1 Å². The highest BCUT2D eigenvalue weighted by molar-refractivity contribution is 5.63. The zero-order valence-electron chi connectivity index (χ0n) is 14.6. The summed E-state index contributed by atoms with van der Waals surface area (Å²) >= 11 is 0. The molecule has 0 bridgehead atoms. The van der Waals surface area contributed by atoms with Crippen LogP contribution in [0.4, 0.5) is 13.2 Å². The van der Waals surface area contributed by atoms with E-state index >= 15 is 0 Å². The van der Waals surface area contributed by atoms with Crippen molar-refractivity contribution in [3.05, 3.63) is 86.2 Å². The zero-order valence-corrected chi connectivity index (χ0v) is 14.6.